The monoisotopic (exact) mass is 445 g/mol. The number of nitrogens with zero attached hydrogens (tertiary/aromatic N) is 3. The van der Waals surface area contributed by atoms with Crippen LogP contribution in [-0.2, 0) is 8.85 Å². The van der Waals surface area contributed by atoms with Gasteiger partial charge in [0.1, 0.15) is 0 Å². The first kappa shape index (κ1) is 30.0. The summed E-state index contributed by atoms with van der Waals surface area (Å²) in [7, 11) is 1.56. The second-order valence-corrected chi connectivity index (χ2v) is 12.7. The number of rotatable bonds is 20. The molecule has 0 aromatic carbocycles. The number of hydrogen-bond acceptors (Lipinski definition) is 5. The minimum atomic E-state index is -2.10. The van der Waals surface area contributed by atoms with Gasteiger partial charge in [0.25, 0.3) is 0 Å². The molecule has 0 heterocycles. The van der Waals surface area contributed by atoms with Crippen LogP contribution in [0.15, 0.2) is 0 Å². The molecule has 0 aliphatic heterocycles. The van der Waals surface area contributed by atoms with Crippen molar-refractivity contribution in [3.8, 4) is 0 Å². The highest BCUT2D eigenvalue weighted by Gasteiger charge is 2.39. The molecule has 0 amide bonds. The van der Waals surface area contributed by atoms with Crippen LogP contribution in [-0.4, -0.2) is 96.4 Å². The largest absolute Gasteiger partial charge is 0.398 e. The fourth-order valence-electron chi connectivity index (χ4n) is 4.59. The van der Waals surface area contributed by atoms with E-state index in [-0.39, 0.29) is 5.41 Å². The maximum atomic E-state index is 5.89. The first-order valence-electron chi connectivity index (χ1n) is 12.6. The molecule has 0 bridgehead atoms. The summed E-state index contributed by atoms with van der Waals surface area (Å²) < 4.78 is 11.8. The Morgan fingerprint density at radius 1 is 0.633 bits per heavy atom. The molecule has 0 saturated heterocycles. The maximum absolute atomic E-state index is 5.89. The molecular weight excluding hydrogens is 390 g/mol. The zero-order valence-electron chi connectivity index (χ0n) is 22.1. The molecule has 0 rings (SSSR count). The van der Waals surface area contributed by atoms with Gasteiger partial charge >= 0.3 is 8.56 Å². The lowest BCUT2D eigenvalue weighted by atomic mass is 9.82. The highest BCUT2D eigenvalue weighted by Crippen LogP contribution is 2.32. The van der Waals surface area contributed by atoms with Gasteiger partial charge in [0.2, 0.25) is 0 Å². The van der Waals surface area contributed by atoms with Gasteiger partial charge < -0.3 is 23.6 Å². The van der Waals surface area contributed by atoms with Crippen LogP contribution in [0.1, 0.15) is 67.2 Å². The Morgan fingerprint density at radius 3 is 1.20 bits per heavy atom. The van der Waals surface area contributed by atoms with E-state index < -0.39 is 8.56 Å². The zero-order valence-corrected chi connectivity index (χ0v) is 23.1. The zero-order chi connectivity index (χ0) is 23.0. The Morgan fingerprint density at radius 2 is 0.967 bits per heavy atom. The van der Waals surface area contributed by atoms with Crippen molar-refractivity contribution < 1.29 is 8.85 Å². The van der Waals surface area contributed by atoms with Gasteiger partial charge in [0, 0.05) is 39.3 Å². The van der Waals surface area contributed by atoms with E-state index in [2.05, 4.69) is 62.8 Å². The molecule has 0 aromatic rings. The average molecular weight is 446 g/mol. The average Bonchev–Trinajstić information content (AvgIpc) is 2.76. The van der Waals surface area contributed by atoms with Crippen molar-refractivity contribution >= 4 is 8.56 Å². The minimum Gasteiger partial charge on any atom is -0.398 e. The molecule has 6 heteroatoms. The van der Waals surface area contributed by atoms with Gasteiger partial charge in [-0.25, -0.2) is 0 Å². The SMILES string of the molecule is CCCN(CC)CC(CC[Si](C)(OC)OC)(CN(CC)CCC)CN(CC)CCC. The lowest BCUT2D eigenvalue weighted by molar-refractivity contribution is 0.0516. The van der Waals surface area contributed by atoms with E-state index in [1.165, 1.54) is 38.9 Å². The molecule has 0 atom stereocenters. The van der Waals surface area contributed by atoms with Crippen molar-refractivity contribution in [2.75, 3.05) is 73.1 Å². The van der Waals surface area contributed by atoms with Crippen LogP contribution >= 0.6 is 0 Å². The van der Waals surface area contributed by atoms with E-state index >= 15 is 0 Å². The normalized spacial score (nSPS) is 13.2. The van der Waals surface area contributed by atoms with Crippen molar-refractivity contribution in [3.05, 3.63) is 0 Å². The van der Waals surface area contributed by atoms with Crippen LogP contribution in [0.5, 0.6) is 0 Å². The van der Waals surface area contributed by atoms with Crippen LogP contribution in [0.4, 0.5) is 0 Å². The van der Waals surface area contributed by atoms with E-state index in [0.29, 0.717) is 0 Å². The van der Waals surface area contributed by atoms with Crippen molar-refractivity contribution in [2.45, 2.75) is 79.8 Å². The predicted molar refractivity (Wildman–Crippen MR) is 135 cm³/mol. The van der Waals surface area contributed by atoms with Crippen LogP contribution in [0.3, 0.4) is 0 Å². The maximum Gasteiger partial charge on any atom is 0.334 e. The second kappa shape index (κ2) is 16.6. The van der Waals surface area contributed by atoms with Crippen molar-refractivity contribution in [2.24, 2.45) is 5.41 Å². The fraction of sp³-hybridized carbons (Fsp3) is 1.00. The van der Waals surface area contributed by atoms with E-state index in [0.717, 1.165) is 51.7 Å². The quantitative estimate of drug-likeness (QED) is 0.248. The van der Waals surface area contributed by atoms with Gasteiger partial charge in [-0.1, -0.05) is 41.5 Å². The smallest absolute Gasteiger partial charge is 0.334 e. The summed E-state index contributed by atoms with van der Waals surface area (Å²) in [4.78, 5) is 8.04. The third kappa shape index (κ3) is 11.1. The van der Waals surface area contributed by atoms with Crippen LogP contribution in [0.2, 0.25) is 12.6 Å². The van der Waals surface area contributed by atoms with Gasteiger partial charge in [-0.15, -0.1) is 0 Å². The van der Waals surface area contributed by atoms with Crippen molar-refractivity contribution in [3.63, 3.8) is 0 Å². The van der Waals surface area contributed by atoms with E-state index in [4.69, 9.17) is 8.85 Å². The van der Waals surface area contributed by atoms with Crippen molar-refractivity contribution in [1.82, 2.24) is 14.7 Å². The Balaban J connectivity index is 5.97. The third-order valence-electron chi connectivity index (χ3n) is 6.61. The first-order chi connectivity index (χ1) is 14.3. The van der Waals surface area contributed by atoms with Crippen LogP contribution in [0.25, 0.3) is 0 Å². The highest BCUT2D eigenvalue weighted by atomic mass is 28.4. The molecule has 0 spiro atoms. The third-order valence-corrected chi connectivity index (χ3v) is 9.50. The standard InChI is InChI=1S/C24H55N3O2Si/c1-10-17-25(13-4)21-24(22-26(14-5)18-11-2,23-27(15-6)19-12-3)16-20-30(9,28-7)29-8/h10-23H2,1-9H3. The van der Waals surface area contributed by atoms with E-state index in [1.54, 1.807) is 0 Å². The molecule has 30 heavy (non-hydrogen) atoms. The lowest BCUT2D eigenvalue weighted by Gasteiger charge is -2.45. The molecule has 0 saturated carbocycles. The topological polar surface area (TPSA) is 28.2 Å². The summed E-state index contributed by atoms with van der Waals surface area (Å²) >= 11 is 0. The van der Waals surface area contributed by atoms with Gasteiger partial charge in [0.05, 0.1) is 0 Å². The molecule has 182 valence electrons. The number of hydrogen-bond donors (Lipinski definition) is 0. The van der Waals surface area contributed by atoms with E-state index in [1.807, 2.05) is 14.2 Å². The molecule has 0 aliphatic rings. The van der Waals surface area contributed by atoms with Gasteiger partial charge in [-0.2, -0.15) is 0 Å². The molecule has 0 fully saturated rings. The van der Waals surface area contributed by atoms with Crippen molar-refractivity contribution in [1.29, 1.82) is 0 Å². The predicted octanol–water partition coefficient (Wildman–Crippen LogP) is 4.92. The summed E-state index contributed by atoms with van der Waals surface area (Å²) in [5, 5.41) is 0. The second-order valence-electron chi connectivity index (χ2n) is 9.15. The van der Waals surface area contributed by atoms with E-state index in [9.17, 15) is 0 Å². The Kier molecular flexibility index (Phi) is 16.6. The van der Waals surface area contributed by atoms with Gasteiger partial charge in [-0.3, -0.25) is 0 Å². The molecule has 0 radical (unpaired) electrons. The Bertz CT molecular complexity index is 367. The molecule has 0 aromatic heterocycles. The molecular formula is C24H55N3O2Si. The van der Waals surface area contributed by atoms with Gasteiger partial charge in [-0.05, 0) is 77.5 Å². The highest BCUT2D eigenvalue weighted by molar-refractivity contribution is 6.65. The fourth-order valence-corrected chi connectivity index (χ4v) is 6.14. The molecule has 0 N–H and O–H groups in total. The summed E-state index contributed by atoms with van der Waals surface area (Å²) in [6.45, 7) is 26.5. The van der Waals surface area contributed by atoms with Crippen LogP contribution in [0, 0.1) is 5.41 Å². The molecule has 5 nitrogen and oxygen atoms in total. The summed E-state index contributed by atoms with van der Waals surface area (Å²) in [6, 6.07) is 1.05. The molecule has 0 unspecified atom stereocenters. The van der Waals surface area contributed by atoms with Gasteiger partial charge in [0.15, 0.2) is 0 Å². The van der Waals surface area contributed by atoms with Crippen LogP contribution < -0.4 is 0 Å². The summed E-state index contributed by atoms with van der Waals surface area (Å²) in [5.41, 5.74) is 0.229. The summed E-state index contributed by atoms with van der Waals surface area (Å²) in [6.07, 6.45) is 4.81. The molecule has 0 aliphatic carbocycles. The minimum absolute atomic E-state index is 0.229. The Labute approximate surface area is 190 Å². The first-order valence-corrected chi connectivity index (χ1v) is 15.1. The Hall–Kier alpha value is 0.0169. The lowest BCUT2D eigenvalue weighted by Crippen LogP contribution is -2.53. The summed E-state index contributed by atoms with van der Waals surface area (Å²) in [5.74, 6) is 0.